The number of thiazole rings is 1. The van der Waals surface area contributed by atoms with Crippen molar-refractivity contribution in [2.24, 2.45) is 0 Å². The van der Waals surface area contributed by atoms with Crippen molar-refractivity contribution >= 4 is 44.5 Å². The predicted molar refractivity (Wildman–Crippen MR) is 152 cm³/mol. The maximum absolute atomic E-state index is 14.0. The Morgan fingerprint density at radius 2 is 1.85 bits per heavy atom. The van der Waals surface area contributed by atoms with Crippen LogP contribution in [0.1, 0.15) is 22.7 Å². The number of para-hydroxylation sites is 1. The number of urea groups is 1. The number of halogens is 1. The van der Waals surface area contributed by atoms with Crippen molar-refractivity contribution in [1.29, 1.82) is 0 Å². The molecule has 1 aromatic heterocycles. The van der Waals surface area contributed by atoms with E-state index in [0.717, 1.165) is 21.3 Å². The molecule has 210 valence electrons. The molecule has 4 amide bonds. The molecule has 2 aliphatic rings. The van der Waals surface area contributed by atoms with E-state index < -0.39 is 18.2 Å². The third-order valence-electron chi connectivity index (χ3n) is 7.49. The third-order valence-corrected chi connectivity index (χ3v) is 8.34. The zero-order chi connectivity index (χ0) is 28.7. The maximum Gasteiger partial charge on any atom is 0.332 e. The molecule has 41 heavy (non-hydrogen) atoms. The van der Waals surface area contributed by atoms with Crippen molar-refractivity contribution in [3.63, 3.8) is 0 Å². The number of benzene rings is 3. The van der Waals surface area contributed by atoms with Crippen molar-refractivity contribution < 1.29 is 18.8 Å². The summed E-state index contributed by atoms with van der Waals surface area (Å²) >= 11 is 1.39. The first-order valence-electron chi connectivity index (χ1n) is 13.1. The van der Waals surface area contributed by atoms with Gasteiger partial charge in [0.15, 0.2) is 5.13 Å². The van der Waals surface area contributed by atoms with Crippen LogP contribution in [-0.4, -0.2) is 69.0 Å². The number of nitrogens with two attached hydrogens (primary N) is 1. The molecule has 6 rings (SSSR count). The van der Waals surface area contributed by atoms with Crippen LogP contribution in [0, 0.1) is 5.82 Å². The van der Waals surface area contributed by atoms with Gasteiger partial charge >= 0.3 is 6.03 Å². The van der Waals surface area contributed by atoms with Crippen LogP contribution in [0.3, 0.4) is 0 Å². The summed E-state index contributed by atoms with van der Waals surface area (Å²) < 4.78 is 14.2. The van der Waals surface area contributed by atoms with E-state index in [1.165, 1.54) is 28.5 Å². The van der Waals surface area contributed by atoms with Crippen LogP contribution in [0.25, 0.3) is 10.2 Å². The first-order chi connectivity index (χ1) is 19.8. The number of fused-ring (bicyclic) bond motifs is 2. The van der Waals surface area contributed by atoms with E-state index >= 15 is 0 Å². The summed E-state index contributed by atoms with van der Waals surface area (Å²) in [6.45, 7) is 0.598. The number of carbonyl (C=O) groups is 3. The fraction of sp³-hybridized carbons (Fsp3) is 0.241. The minimum absolute atomic E-state index is 0.0617. The summed E-state index contributed by atoms with van der Waals surface area (Å²) in [4.78, 5) is 48.4. The number of carbonyl (C=O) groups excluding carboxylic acids is 3. The summed E-state index contributed by atoms with van der Waals surface area (Å²) in [6, 6.07) is 19.6. The molecule has 2 atom stereocenters. The Hall–Kier alpha value is -4.55. The lowest BCUT2D eigenvalue weighted by Crippen LogP contribution is -2.62. The molecular weight excluding hydrogens is 545 g/mol. The van der Waals surface area contributed by atoms with E-state index in [1.807, 2.05) is 48.5 Å². The molecule has 0 unspecified atom stereocenters. The lowest BCUT2D eigenvalue weighted by molar-refractivity contribution is -0.157. The number of hydrogen-bond donors (Lipinski definition) is 2. The second kappa shape index (κ2) is 10.8. The molecule has 0 spiro atoms. The van der Waals surface area contributed by atoms with Crippen LogP contribution >= 0.6 is 11.3 Å². The number of hydrogen-bond acceptors (Lipinski definition) is 7. The fourth-order valence-electron chi connectivity index (χ4n) is 5.47. The number of hydrazine groups is 1. The van der Waals surface area contributed by atoms with Gasteiger partial charge in [-0.05, 0) is 34.9 Å². The second-order valence-electron chi connectivity index (χ2n) is 10.0. The van der Waals surface area contributed by atoms with Crippen molar-refractivity contribution in [2.75, 3.05) is 25.9 Å². The van der Waals surface area contributed by atoms with Gasteiger partial charge < -0.3 is 20.9 Å². The molecule has 0 saturated carbocycles. The number of nitrogens with zero attached hydrogens (tertiary/aromatic N) is 5. The molecule has 0 aliphatic carbocycles. The molecule has 2 aliphatic heterocycles. The maximum atomic E-state index is 14.0. The highest BCUT2D eigenvalue weighted by atomic mass is 32.1. The van der Waals surface area contributed by atoms with Crippen molar-refractivity contribution in [2.45, 2.75) is 25.3 Å². The first kappa shape index (κ1) is 26.7. The van der Waals surface area contributed by atoms with E-state index in [4.69, 9.17) is 5.73 Å². The smallest absolute Gasteiger partial charge is 0.332 e. The molecule has 0 bridgehead atoms. The second-order valence-corrected chi connectivity index (χ2v) is 11.1. The van der Waals surface area contributed by atoms with Gasteiger partial charge in [0.2, 0.25) is 5.91 Å². The molecule has 3 N–H and O–H groups in total. The number of rotatable bonds is 6. The fourth-order valence-corrected chi connectivity index (χ4v) is 6.25. The van der Waals surface area contributed by atoms with Gasteiger partial charge in [-0.15, -0.1) is 0 Å². The van der Waals surface area contributed by atoms with Gasteiger partial charge in [-0.25, -0.2) is 14.2 Å². The molecule has 2 fully saturated rings. The van der Waals surface area contributed by atoms with Crippen LogP contribution in [0.4, 0.5) is 14.3 Å². The molecular formula is C29H28FN7O3S. The van der Waals surface area contributed by atoms with Crippen LogP contribution in [0.2, 0.25) is 0 Å². The molecule has 4 aromatic rings. The van der Waals surface area contributed by atoms with Gasteiger partial charge in [-0.2, -0.15) is 5.01 Å². The van der Waals surface area contributed by atoms with Crippen LogP contribution < -0.4 is 11.1 Å². The normalized spacial score (nSPS) is 19.1. The van der Waals surface area contributed by atoms with Crippen LogP contribution in [-0.2, 0) is 22.7 Å². The predicted octanol–water partition coefficient (Wildman–Crippen LogP) is 3.33. The number of piperazine rings is 1. The molecule has 0 radical (unpaired) electrons. The summed E-state index contributed by atoms with van der Waals surface area (Å²) in [5.41, 5.74) is 9.00. The minimum Gasteiger partial charge on any atom is -0.375 e. The summed E-state index contributed by atoms with van der Waals surface area (Å²) in [5, 5.41) is 6.33. The van der Waals surface area contributed by atoms with E-state index in [0.29, 0.717) is 10.7 Å². The first-order valence-corrected chi connectivity index (χ1v) is 13.9. The van der Waals surface area contributed by atoms with Crippen molar-refractivity contribution in [1.82, 2.24) is 30.1 Å². The van der Waals surface area contributed by atoms with Gasteiger partial charge in [0.1, 0.15) is 18.0 Å². The van der Waals surface area contributed by atoms with E-state index in [2.05, 4.69) is 10.3 Å². The molecule has 2 saturated heterocycles. The molecule has 10 nitrogen and oxygen atoms in total. The third kappa shape index (κ3) is 5.07. The van der Waals surface area contributed by atoms with Gasteiger partial charge in [0, 0.05) is 20.1 Å². The number of anilines is 1. The number of nitrogen functional groups attached to an aromatic ring is 1. The Morgan fingerprint density at radius 1 is 1.10 bits per heavy atom. The standard InChI is InChI=1S/C29H28FN7O3S/c1-34(29(40)32-14-18-10-12-21(30)13-11-18)36-17-24(38)37-23(36)16-35(27(39)26(37)19-6-3-2-4-7-19)15-20-8-5-9-22-25(20)33-28(31)41-22/h2-13,23,26H,14-17H2,1H3,(H2,31,33)(H,32,40)/t23-,26+/m1/s1. The number of nitrogens with one attached hydrogen (secondary N) is 1. The average molecular weight is 574 g/mol. The highest BCUT2D eigenvalue weighted by Crippen LogP contribution is 2.37. The number of amides is 4. The lowest BCUT2D eigenvalue weighted by Gasteiger charge is -2.45. The molecule has 3 aromatic carbocycles. The number of aromatic nitrogens is 1. The zero-order valence-electron chi connectivity index (χ0n) is 22.2. The van der Waals surface area contributed by atoms with Gasteiger partial charge in [-0.1, -0.05) is 65.9 Å². The summed E-state index contributed by atoms with van der Waals surface area (Å²) in [5.74, 6) is -0.803. The monoisotopic (exact) mass is 573 g/mol. The minimum atomic E-state index is -0.845. The SMILES string of the molecule is CN(C(=O)NCc1ccc(F)cc1)N1CC(=O)N2[C@@H](c3ccccc3)C(=O)N(Cc3cccc4sc(N)nc34)C[C@@H]21. The van der Waals surface area contributed by atoms with Gasteiger partial charge in [0.25, 0.3) is 5.91 Å². The largest absolute Gasteiger partial charge is 0.375 e. The van der Waals surface area contributed by atoms with Crippen LogP contribution in [0.5, 0.6) is 0 Å². The highest BCUT2D eigenvalue weighted by Gasteiger charge is 2.52. The Labute approximate surface area is 239 Å². The van der Waals surface area contributed by atoms with Crippen LogP contribution in [0.15, 0.2) is 72.8 Å². The quantitative estimate of drug-likeness (QED) is 0.366. The van der Waals surface area contributed by atoms with Gasteiger partial charge in [0.05, 0.1) is 23.3 Å². The van der Waals surface area contributed by atoms with E-state index in [-0.39, 0.29) is 43.8 Å². The van der Waals surface area contributed by atoms with Crippen molar-refractivity contribution in [3.05, 3.63) is 95.3 Å². The molecule has 3 heterocycles. The lowest BCUT2D eigenvalue weighted by atomic mass is 10.00. The zero-order valence-corrected chi connectivity index (χ0v) is 23.1. The van der Waals surface area contributed by atoms with E-state index in [9.17, 15) is 18.8 Å². The summed E-state index contributed by atoms with van der Waals surface area (Å²) in [7, 11) is 1.59. The average Bonchev–Trinajstić information content (AvgIpc) is 3.52. The Balaban J connectivity index is 1.28. The van der Waals surface area contributed by atoms with Gasteiger partial charge in [-0.3, -0.25) is 14.6 Å². The van der Waals surface area contributed by atoms with Crippen molar-refractivity contribution in [3.8, 4) is 0 Å². The Morgan fingerprint density at radius 3 is 2.61 bits per heavy atom. The van der Waals surface area contributed by atoms with E-state index in [1.54, 1.807) is 34.0 Å². The topological polar surface area (TPSA) is 115 Å². The Kier molecular flexibility index (Phi) is 7.01. The highest BCUT2D eigenvalue weighted by molar-refractivity contribution is 7.22. The summed E-state index contributed by atoms with van der Waals surface area (Å²) in [6.07, 6.45) is -0.577. The molecule has 12 heteroatoms. The Bertz CT molecular complexity index is 1610.